The Kier molecular flexibility index (Phi) is 8.64. The van der Waals surface area contributed by atoms with Gasteiger partial charge in [-0.05, 0) is 24.8 Å². The van der Waals surface area contributed by atoms with Gasteiger partial charge >= 0.3 is 0 Å². The lowest BCUT2D eigenvalue weighted by molar-refractivity contribution is -0.135. The van der Waals surface area contributed by atoms with Gasteiger partial charge in [-0.2, -0.15) is 0 Å². The molecule has 1 unspecified atom stereocenters. The fraction of sp³-hybridized carbons (Fsp3) is 0.542. The quantitative estimate of drug-likeness (QED) is 0.511. The maximum Gasteiger partial charge on any atom is 0.270 e. The molecule has 0 bridgehead atoms. The monoisotopic (exact) mass is 427 g/mol. The molecular formula is C24H33N3O4. The molecule has 1 atom stereocenters. The van der Waals surface area contributed by atoms with Gasteiger partial charge in [0.1, 0.15) is 5.76 Å². The molecule has 3 N–H and O–H groups in total. The maximum absolute atomic E-state index is 12.5. The molecule has 7 heteroatoms. The normalized spacial score (nSPS) is 15.5. The average Bonchev–Trinajstić information content (AvgIpc) is 3.16. The van der Waals surface area contributed by atoms with Gasteiger partial charge < -0.3 is 10.2 Å². The fourth-order valence-electron chi connectivity index (χ4n) is 4.30. The number of carbonyl (C=O) groups excluding carboxylic acids is 2. The highest BCUT2D eigenvalue weighted by molar-refractivity contribution is 5.91. The largest absolute Gasteiger partial charge is 0.445 e. The summed E-state index contributed by atoms with van der Waals surface area (Å²) in [6.45, 7) is 1.96. The van der Waals surface area contributed by atoms with Crippen LogP contribution in [0.5, 0.6) is 0 Å². The molecule has 0 aliphatic heterocycles. The Bertz CT molecular complexity index is 844. The Morgan fingerprint density at radius 1 is 1.23 bits per heavy atom. The first-order valence-electron chi connectivity index (χ1n) is 11.2. The van der Waals surface area contributed by atoms with E-state index < -0.39 is 5.91 Å². The molecule has 168 valence electrons. The van der Waals surface area contributed by atoms with Crippen LogP contribution in [0.15, 0.2) is 34.7 Å². The average molecular weight is 428 g/mol. The van der Waals surface area contributed by atoms with Crippen LogP contribution in [0.4, 0.5) is 0 Å². The number of hydrogen-bond donors (Lipinski definition) is 2. The lowest BCUT2D eigenvalue weighted by Crippen LogP contribution is -2.25. The maximum atomic E-state index is 12.5. The summed E-state index contributed by atoms with van der Waals surface area (Å²) in [5.74, 6) is 0.466. The minimum Gasteiger partial charge on any atom is -0.445 e. The summed E-state index contributed by atoms with van der Waals surface area (Å²) < 4.78 is 5.72. The highest BCUT2D eigenvalue weighted by Gasteiger charge is 2.25. The minimum atomic E-state index is -0.621. The first kappa shape index (κ1) is 23.0. The van der Waals surface area contributed by atoms with Gasteiger partial charge in [0, 0.05) is 12.3 Å². The first-order valence-corrected chi connectivity index (χ1v) is 11.2. The number of aromatic nitrogens is 1. The number of amides is 2. The summed E-state index contributed by atoms with van der Waals surface area (Å²) in [7, 11) is 0. The number of primary amides is 1. The molecule has 1 aliphatic rings. The zero-order valence-electron chi connectivity index (χ0n) is 18.3. The van der Waals surface area contributed by atoms with E-state index in [9.17, 15) is 9.59 Å². The van der Waals surface area contributed by atoms with Crippen LogP contribution in [0.2, 0.25) is 0 Å². The molecule has 1 aromatic carbocycles. The zero-order chi connectivity index (χ0) is 22.1. The SMILES string of the molecule is Cc1oc(C(CCCC2CCCCC2)CC(=O)NOCc2ccccc2)nc1C(N)=O. The van der Waals surface area contributed by atoms with E-state index in [1.165, 1.54) is 32.1 Å². The highest BCUT2D eigenvalue weighted by atomic mass is 16.6. The molecule has 1 heterocycles. The Morgan fingerprint density at radius 3 is 2.65 bits per heavy atom. The summed E-state index contributed by atoms with van der Waals surface area (Å²) in [6.07, 6.45) is 9.63. The lowest BCUT2D eigenvalue weighted by atomic mass is 9.84. The zero-order valence-corrected chi connectivity index (χ0v) is 18.3. The van der Waals surface area contributed by atoms with Crippen LogP contribution in [0.3, 0.4) is 0 Å². The Labute approximate surface area is 183 Å². The second-order valence-corrected chi connectivity index (χ2v) is 8.46. The van der Waals surface area contributed by atoms with Crippen molar-refractivity contribution in [1.29, 1.82) is 0 Å². The number of aryl methyl sites for hydroxylation is 1. The van der Waals surface area contributed by atoms with Crippen molar-refractivity contribution < 1.29 is 18.8 Å². The molecule has 31 heavy (non-hydrogen) atoms. The number of carbonyl (C=O) groups is 2. The van der Waals surface area contributed by atoms with Crippen LogP contribution in [-0.2, 0) is 16.2 Å². The molecule has 1 aromatic heterocycles. The molecule has 3 rings (SSSR count). The molecule has 1 aliphatic carbocycles. The number of benzene rings is 1. The number of oxazole rings is 1. The van der Waals surface area contributed by atoms with Crippen LogP contribution in [-0.4, -0.2) is 16.8 Å². The van der Waals surface area contributed by atoms with Crippen molar-refractivity contribution in [2.75, 3.05) is 0 Å². The van der Waals surface area contributed by atoms with Gasteiger partial charge in [-0.25, -0.2) is 10.5 Å². The van der Waals surface area contributed by atoms with E-state index in [0.29, 0.717) is 18.3 Å². The van der Waals surface area contributed by atoms with Crippen molar-refractivity contribution in [1.82, 2.24) is 10.5 Å². The molecule has 2 amide bonds. The molecule has 1 fully saturated rings. The van der Waals surface area contributed by atoms with Crippen LogP contribution >= 0.6 is 0 Å². The third kappa shape index (κ3) is 7.21. The van der Waals surface area contributed by atoms with E-state index in [1.807, 2.05) is 30.3 Å². The van der Waals surface area contributed by atoms with Crippen molar-refractivity contribution in [3.8, 4) is 0 Å². The van der Waals surface area contributed by atoms with Crippen molar-refractivity contribution in [3.05, 3.63) is 53.2 Å². The van der Waals surface area contributed by atoms with E-state index >= 15 is 0 Å². The van der Waals surface area contributed by atoms with Gasteiger partial charge in [-0.3, -0.25) is 14.4 Å². The van der Waals surface area contributed by atoms with E-state index in [-0.39, 0.29) is 23.9 Å². The summed E-state index contributed by atoms with van der Waals surface area (Å²) in [5.41, 5.74) is 9.01. The third-order valence-corrected chi connectivity index (χ3v) is 5.98. The van der Waals surface area contributed by atoms with E-state index in [1.54, 1.807) is 6.92 Å². The second kappa shape index (κ2) is 11.6. The Balaban J connectivity index is 1.56. The number of nitrogens with one attached hydrogen (secondary N) is 1. The van der Waals surface area contributed by atoms with E-state index in [2.05, 4.69) is 10.5 Å². The number of nitrogens with zero attached hydrogens (tertiary/aromatic N) is 1. The van der Waals surface area contributed by atoms with Crippen LogP contribution in [0.1, 0.15) is 91.4 Å². The van der Waals surface area contributed by atoms with Gasteiger partial charge in [0.05, 0.1) is 6.61 Å². The fourth-order valence-corrected chi connectivity index (χ4v) is 4.30. The summed E-state index contributed by atoms with van der Waals surface area (Å²) in [5, 5.41) is 0. The summed E-state index contributed by atoms with van der Waals surface area (Å²) in [4.78, 5) is 33.7. The van der Waals surface area contributed by atoms with Gasteiger partial charge in [0.2, 0.25) is 5.91 Å². The predicted octanol–water partition coefficient (Wildman–Crippen LogP) is 4.55. The topological polar surface area (TPSA) is 107 Å². The summed E-state index contributed by atoms with van der Waals surface area (Å²) >= 11 is 0. The van der Waals surface area contributed by atoms with Gasteiger partial charge in [-0.1, -0.05) is 75.3 Å². The third-order valence-electron chi connectivity index (χ3n) is 5.98. The van der Waals surface area contributed by atoms with Crippen molar-refractivity contribution in [3.63, 3.8) is 0 Å². The van der Waals surface area contributed by atoms with Gasteiger partial charge in [0.25, 0.3) is 5.91 Å². The smallest absolute Gasteiger partial charge is 0.270 e. The van der Waals surface area contributed by atoms with Crippen molar-refractivity contribution in [2.45, 2.75) is 77.2 Å². The van der Waals surface area contributed by atoms with Crippen molar-refractivity contribution >= 4 is 11.8 Å². The number of hydrogen-bond acceptors (Lipinski definition) is 5. The van der Waals surface area contributed by atoms with Crippen molar-refractivity contribution in [2.24, 2.45) is 11.7 Å². The van der Waals surface area contributed by atoms with Crippen LogP contribution in [0.25, 0.3) is 0 Å². The minimum absolute atomic E-state index is 0.132. The lowest BCUT2D eigenvalue weighted by Gasteiger charge is -2.22. The molecule has 7 nitrogen and oxygen atoms in total. The van der Waals surface area contributed by atoms with E-state index in [4.69, 9.17) is 15.0 Å². The Hall–Kier alpha value is -2.67. The predicted molar refractivity (Wildman–Crippen MR) is 117 cm³/mol. The number of nitrogens with two attached hydrogens (primary N) is 1. The van der Waals surface area contributed by atoms with Crippen LogP contribution in [0, 0.1) is 12.8 Å². The molecule has 0 radical (unpaired) electrons. The van der Waals surface area contributed by atoms with E-state index in [0.717, 1.165) is 30.7 Å². The standard InChI is InChI=1S/C24H33N3O4/c1-17-22(23(25)29)26-24(31-17)20(14-8-13-18-9-4-2-5-10-18)15-21(28)27-30-16-19-11-6-3-7-12-19/h3,6-7,11-12,18,20H,2,4-5,8-10,13-16H2,1H3,(H2,25,29)(H,27,28). The van der Waals surface area contributed by atoms with Crippen LogP contribution < -0.4 is 11.2 Å². The summed E-state index contributed by atoms with van der Waals surface area (Å²) in [6, 6.07) is 9.63. The number of rotatable bonds is 11. The molecule has 0 spiro atoms. The highest BCUT2D eigenvalue weighted by Crippen LogP contribution is 2.31. The molecule has 1 saturated carbocycles. The van der Waals surface area contributed by atoms with Gasteiger partial charge in [0.15, 0.2) is 11.6 Å². The molecular weight excluding hydrogens is 394 g/mol. The molecule has 0 saturated heterocycles. The van der Waals surface area contributed by atoms with Gasteiger partial charge in [-0.15, -0.1) is 0 Å². The first-order chi connectivity index (χ1) is 15.0. The second-order valence-electron chi connectivity index (χ2n) is 8.46. The number of hydroxylamine groups is 1. The Morgan fingerprint density at radius 2 is 1.97 bits per heavy atom. The molecule has 2 aromatic rings.